The number of halogens is 1. The Balaban J connectivity index is 2.56. The zero-order chi connectivity index (χ0) is 13.0. The van der Waals surface area contributed by atoms with Gasteiger partial charge in [-0.15, -0.1) is 0 Å². The fourth-order valence-electron chi connectivity index (χ4n) is 1.55. The summed E-state index contributed by atoms with van der Waals surface area (Å²) in [7, 11) is 0. The highest BCUT2D eigenvalue weighted by atomic mass is 35.5. The van der Waals surface area contributed by atoms with E-state index >= 15 is 0 Å². The van der Waals surface area contributed by atoms with Gasteiger partial charge in [-0.1, -0.05) is 25.4 Å². The number of aryl methyl sites for hydroxylation is 2. The van der Waals surface area contributed by atoms with Crippen LogP contribution in [0.3, 0.4) is 0 Å². The fraction of sp³-hybridized carbons (Fsp3) is 0.500. The molecule has 0 aliphatic carbocycles. The number of Topliss-reactive ketones (excluding diaryl/α,β-unsaturated/α-hetero) is 1. The average molecular weight is 255 g/mol. The number of ketones is 1. The fourth-order valence-corrected chi connectivity index (χ4v) is 1.66. The van der Waals surface area contributed by atoms with Gasteiger partial charge in [-0.05, 0) is 37.1 Å². The monoisotopic (exact) mass is 254 g/mol. The summed E-state index contributed by atoms with van der Waals surface area (Å²) in [5.74, 6) is 1.08. The minimum atomic E-state index is 0.0762. The lowest BCUT2D eigenvalue weighted by molar-refractivity contribution is -0.122. The zero-order valence-corrected chi connectivity index (χ0v) is 11.6. The van der Waals surface area contributed by atoms with Gasteiger partial charge < -0.3 is 4.74 Å². The topological polar surface area (TPSA) is 26.3 Å². The van der Waals surface area contributed by atoms with Crippen LogP contribution in [0.2, 0.25) is 5.02 Å². The van der Waals surface area contributed by atoms with Crippen molar-refractivity contribution in [3.63, 3.8) is 0 Å². The standard InChI is InChI=1S/C14H19ClO2/c1-9(2)13(16)5-6-17-12-7-10(3)14(15)11(4)8-12/h7-9H,5-6H2,1-4H3. The summed E-state index contributed by atoms with van der Waals surface area (Å²) in [6.45, 7) is 8.12. The van der Waals surface area contributed by atoms with Gasteiger partial charge in [-0.3, -0.25) is 4.79 Å². The van der Waals surface area contributed by atoms with E-state index in [2.05, 4.69) is 0 Å². The van der Waals surface area contributed by atoms with Crippen LogP contribution in [0.25, 0.3) is 0 Å². The zero-order valence-electron chi connectivity index (χ0n) is 10.8. The minimum Gasteiger partial charge on any atom is -0.493 e. The van der Waals surface area contributed by atoms with Gasteiger partial charge in [0.2, 0.25) is 0 Å². The van der Waals surface area contributed by atoms with Crippen LogP contribution in [-0.2, 0) is 4.79 Å². The van der Waals surface area contributed by atoms with E-state index in [-0.39, 0.29) is 11.7 Å². The average Bonchev–Trinajstić information content (AvgIpc) is 2.25. The van der Waals surface area contributed by atoms with Crippen molar-refractivity contribution < 1.29 is 9.53 Å². The molecule has 3 heteroatoms. The molecule has 0 radical (unpaired) electrons. The van der Waals surface area contributed by atoms with Gasteiger partial charge in [0.25, 0.3) is 0 Å². The third kappa shape index (κ3) is 4.04. The molecule has 0 spiro atoms. The quantitative estimate of drug-likeness (QED) is 0.795. The van der Waals surface area contributed by atoms with Crippen molar-refractivity contribution in [1.82, 2.24) is 0 Å². The van der Waals surface area contributed by atoms with Gasteiger partial charge >= 0.3 is 0 Å². The van der Waals surface area contributed by atoms with Gasteiger partial charge in [0.05, 0.1) is 6.61 Å². The molecule has 0 aliphatic rings. The van der Waals surface area contributed by atoms with E-state index in [4.69, 9.17) is 16.3 Å². The third-order valence-corrected chi connectivity index (χ3v) is 3.27. The third-order valence-electron chi connectivity index (χ3n) is 2.67. The van der Waals surface area contributed by atoms with E-state index in [1.807, 2.05) is 39.8 Å². The Morgan fingerprint density at radius 2 is 1.82 bits per heavy atom. The normalized spacial score (nSPS) is 10.7. The van der Waals surface area contributed by atoms with Gasteiger partial charge in [0.15, 0.2) is 0 Å². The Hall–Kier alpha value is -1.02. The highest BCUT2D eigenvalue weighted by Crippen LogP contribution is 2.25. The van der Waals surface area contributed by atoms with Crippen LogP contribution in [0.1, 0.15) is 31.4 Å². The van der Waals surface area contributed by atoms with Gasteiger partial charge in [0, 0.05) is 17.4 Å². The number of ether oxygens (including phenoxy) is 1. The summed E-state index contributed by atoms with van der Waals surface area (Å²) in [6, 6.07) is 3.80. The molecule has 0 fully saturated rings. The molecule has 2 nitrogen and oxygen atoms in total. The molecule has 17 heavy (non-hydrogen) atoms. The summed E-state index contributed by atoms with van der Waals surface area (Å²) < 4.78 is 5.56. The summed E-state index contributed by atoms with van der Waals surface area (Å²) in [4.78, 5) is 11.4. The molecule has 0 N–H and O–H groups in total. The molecule has 0 heterocycles. The van der Waals surface area contributed by atoms with Gasteiger partial charge in [-0.25, -0.2) is 0 Å². The van der Waals surface area contributed by atoms with E-state index in [9.17, 15) is 4.79 Å². The molecule has 0 bridgehead atoms. The molecule has 0 atom stereocenters. The largest absolute Gasteiger partial charge is 0.493 e. The molecule has 0 saturated carbocycles. The van der Waals surface area contributed by atoms with Crippen molar-refractivity contribution in [3.8, 4) is 5.75 Å². The van der Waals surface area contributed by atoms with E-state index in [1.54, 1.807) is 0 Å². The molecule has 0 amide bonds. The first-order chi connectivity index (χ1) is 7.91. The maximum atomic E-state index is 11.4. The molecular formula is C14H19ClO2. The summed E-state index contributed by atoms with van der Waals surface area (Å²) in [6.07, 6.45) is 0.457. The predicted octanol–water partition coefficient (Wildman–Crippen LogP) is 3.95. The first-order valence-electron chi connectivity index (χ1n) is 5.84. The lowest BCUT2D eigenvalue weighted by Gasteiger charge is -2.10. The first kappa shape index (κ1) is 14.0. The van der Waals surface area contributed by atoms with E-state index in [1.165, 1.54) is 0 Å². The highest BCUT2D eigenvalue weighted by molar-refractivity contribution is 6.32. The molecule has 0 aliphatic heterocycles. The van der Waals surface area contributed by atoms with E-state index in [0.717, 1.165) is 21.9 Å². The Bertz CT molecular complexity index is 388. The molecule has 0 aromatic heterocycles. The van der Waals surface area contributed by atoms with Crippen molar-refractivity contribution in [2.24, 2.45) is 5.92 Å². The van der Waals surface area contributed by atoms with Crippen molar-refractivity contribution >= 4 is 17.4 Å². The van der Waals surface area contributed by atoms with Crippen LogP contribution < -0.4 is 4.74 Å². The SMILES string of the molecule is Cc1cc(OCCC(=O)C(C)C)cc(C)c1Cl. The lowest BCUT2D eigenvalue weighted by Crippen LogP contribution is -2.11. The van der Waals surface area contributed by atoms with Crippen LogP contribution in [0.5, 0.6) is 5.75 Å². The Morgan fingerprint density at radius 3 is 2.29 bits per heavy atom. The summed E-state index contributed by atoms with van der Waals surface area (Å²) in [5.41, 5.74) is 1.99. The Kier molecular flexibility index (Phi) is 5.01. The van der Waals surface area contributed by atoms with Gasteiger partial charge in [0.1, 0.15) is 11.5 Å². The number of rotatable bonds is 5. The second-order valence-electron chi connectivity index (χ2n) is 4.59. The van der Waals surface area contributed by atoms with Gasteiger partial charge in [-0.2, -0.15) is 0 Å². The van der Waals surface area contributed by atoms with Crippen LogP contribution >= 0.6 is 11.6 Å². The minimum absolute atomic E-state index is 0.0762. The number of hydrogen-bond donors (Lipinski definition) is 0. The maximum Gasteiger partial charge on any atom is 0.138 e. The molecule has 1 rings (SSSR count). The molecule has 1 aromatic rings. The van der Waals surface area contributed by atoms with Crippen molar-refractivity contribution in [2.45, 2.75) is 34.1 Å². The molecule has 1 aromatic carbocycles. The second-order valence-corrected chi connectivity index (χ2v) is 4.97. The van der Waals surface area contributed by atoms with Crippen LogP contribution in [0.4, 0.5) is 0 Å². The maximum absolute atomic E-state index is 11.4. The molecule has 0 unspecified atom stereocenters. The first-order valence-corrected chi connectivity index (χ1v) is 6.22. The Morgan fingerprint density at radius 1 is 1.29 bits per heavy atom. The van der Waals surface area contributed by atoms with E-state index in [0.29, 0.717) is 13.0 Å². The highest BCUT2D eigenvalue weighted by Gasteiger charge is 2.08. The summed E-state index contributed by atoms with van der Waals surface area (Å²) >= 11 is 6.07. The Labute approximate surface area is 108 Å². The van der Waals surface area contributed by atoms with Crippen molar-refractivity contribution in [3.05, 3.63) is 28.3 Å². The number of hydrogen-bond acceptors (Lipinski definition) is 2. The second kappa shape index (κ2) is 6.06. The molecule has 94 valence electrons. The summed E-state index contributed by atoms with van der Waals surface area (Å²) in [5, 5.41) is 0.774. The smallest absolute Gasteiger partial charge is 0.138 e. The molecule has 0 saturated heterocycles. The van der Waals surface area contributed by atoms with Crippen LogP contribution in [0, 0.1) is 19.8 Å². The van der Waals surface area contributed by atoms with Crippen LogP contribution in [0.15, 0.2) is 12.1 Å². The predicted molar refractivity (Wildman–Crippen MR) is 70.9 cm³/mol. The van der Waals surface area contributed by atoms with Crippen molar-refractivity contribution in [2.75, 3.05) is 6.61 Å². The number of benzene rings is 1. The number of carbonyl (C=O) groups is 1. The molecular weight excluding hydrogens is 236 g/mol. The van der Waals surface area contributed by atoms with E-state index < -0.39 is 0 Å². The van der Waals surface area contributed by atoms with Crippen molar-refractivity contribution in [1.29, 1.82) is 0 Å². The lowest BCUT2D eigenvalue weighted by atomic mass is 10.1. The van der Waals surface area contributed by atoms with Crippen LogP contribution in [-0.4, -0.2) is 12.4 Å². The number of carbonyl (C=O) groups excluding carboxylic acids is 1.